The largest absolute Gasteiger partial charge is 0.335 e. The van der Waals surface area contributed by atoms with Gasteiger partial charge in [-0.15, -0.1) is 11.3 Å². The Morgan fingerprint density at radius 3 is 2.81 bits per heavy atom. The second-order valence-electron chi connectivity index (χ2n) is 5.49. The van der Waals surface area contributed by atoms with E-state index < -0.39 is 0 Å². The number of nitriles is 1. The first-order valence-electron chi connectivity index (χ1n) is 7.31. The highest BCUT2D eigenvalue weighted by molar-refractivity contribution is 7.98. The number of fused-ring (bicyclic) bond motifs is 1. The number of piperazine rings is 1. The number of carbonyl (C=O) groups is 1. The highest BCUT2D eigenvalue weighted by Crippen LogP contribution is 2.32. The van der Waals surface area contributed by atoms with E-state index in [1.54, 1.807) is 11.3 Å². The Kier molecular flexibility index (Phi) is 4.53. The van der Waals surface area contributed by atoms with E-state index in [1.807, 2.05) is 23.6 Å². The highest BCUT2D eigenvalue weighted by Gasteiger charge is 2.26. The number of thioether (sulfide) groups is 1. The van der Waals surface area contributed by atoms with Gasteiger partial charge in [0.1, 0.15) is 0 Å². The molecule has 2 aliphatic rings. The van der Waals surface area contributed by atoms with E-state index in [2.05, 4.69) is 17.0 Å². The summed E-state index contributed by atoms with van der Waals surface area (Å²) in [6.07, 6.45) is 1.10. The molecule has 0 bridgehead atoms. The van der Waals surface area contributed by atoms with Crippen LogP contribution in [-0.2, 0) is 12.2 Å². The zero-order chi connectivity index (χ0) is 14.8. The van der Waals surface area contributed by atoms with Crippen molar-refractivity contribution in [1.82, 2.24) is 9.80 Å². The molecular formula is C15H19N3OS2. The third-order valence-electron chi connectivity index (χ3n) is 4.17. The molecule has 0 saturated carbocycles. The Morgan fingerprint density at radius 1 is 1.38 bits per heavy atom. The van der Waals surface area contributed by atoms with Crippen molar-refractivity contribution in [1.29, 1.82) is 5.26 Å². The molecule has 0 spiro atoms. The smallest absolute Gasteiger partial charge is 0.264 e. The van der Waals surface area contributed by atoms with Gasteiger partial charge in [0.25, 0.3) is 5.91 Å². The second-order valence-corrected chi connectivity index (χ2v) is 7.74. The molecule has 1 unspecified atom stereocenters. The number of nitrogens with zero attached hydrogens (tertiary/aromatic N) is 3. The van der Waals surface area contributed by atoms with Crippen LogP contribution in [0.5, 0.6) is 0 Å². The number of amides is 1. The summed E-state index contributed by atoms with van der Waals surface area (Å²) >= 11 is 3.63. The molecule has 0 aliphatic carbocycles. The molecule has 1 atom stereocenters. The first-order chi connectivity index (χ1) is 10.2. The molecule has 112 valence electrons. The van der Waals surface area contributed by atoms with E-state index in [-0.39, 0.29) is 11.9 Å². The molecular weight excluding hydrogens is 302 g/mol. The third-order valence-corrected chi connectivity index (χ3v) is 6.41. The molecule has 0 radical (unpaired) electrons. The molecule has 1 saturated heterocycles. The summed E-state index contributed by atoms with van der Waals surface area (Å²) in [5.74, 6) is 2.39. The van der Waals surface area contributed by atoms with Crippen LogP contribution in [0.15, 0.2) is 6.07 Å². The van der Waals surface area contributed by atoms with Crippen molar-refractivity contribution in [3.8, 4) is 6.07 Å². The summed E-state index contributed by atoms with van der Waals surface area (Å²) in [4.78, 5) is 19.0. The van der Waals surface area contributed by atoms with Gasteiger partial charge in [-0.2, -0.15) is 17.0 Å². The Bertz CT molecular complexity index is 546. The number of rotatable bonds is 2. The van der Waals surface area contributed by atoms with Gasteiger partial charge in [-0.3, -0.25) is 9.69 Å². The maximum absolute atomic E-state index is 12.6. The maximum Gasteiger partial charge on any atom is 0.264 e. The van der Waals surface area contributed by atoms with Crippen LogP contribution in [0.1, 0.15) is 27.0 Å². The van der Waals surface area contributed by atoms with Crippen LogP contribution < -0.4 is 0 Å². The van der Waals surface area contributed by atoms with Crippen molar-refractivity contribution in [2.75, 3.05) is 31.9 Å². The maximum atomic E-state index is 12.6. The highest BCUT2D eigenvalue weighted by atomic mass is 32.2. The standard InChI is InChI=1S/C15H19N3OS2/c1-11(9-16)17-3-5-18(6-4-17)15(19)14-8-12-10-20-7-2-13(12)21-14/h8,11H,2-7,10H2,1H3. The van der Waals surface area contributed by atoms with Crippen molar-refractivity contribution in [3.63, 3.8) is 0 Å². The van der Waals surface area contributed by atoms with Gasteiger partial charge in [-0.25, -0.2) is 0 Å². The summed E-state index contributed by atoms with van der Waals surface area (Å²) in [7, 11) is 0. The van der Waals surface area contributed by atoms with E-state index in [0.29, 0.717) is 0 Å². The Labute approximate surface area is 133 Å². The van der Waals surface area contributed by atoms with Crippen LogP contribution in [-0.4, -0.2) is 53.7 Å². The molecule has 1 aromatic rings. The van der Waals surface area contributed by atoms with Gasteiger partial charge in [0.2, 0.25) is 0 Å². The average Bonchev–Trinajstić information content (AvgIpc) is 2.97. The number of thiophene rings is 1. The lowest BCUT2D eigenvalue weighted by molar-refractivity contribution is 0.0620. The van der Waals surface area contributed by atoms with Crippen molar-refractivity contribution >= 4 is 29.0 Å². The first kappa shape index (κ1) is 14.9. The fourth-order valence-corrected chi connectivity index (χ4v) is 5.14. The van der Waals surface area contributed by atoms with E-state index in [0.717, 1.165) is 43.2 Å². The minimum Gasteiger partial charge on any atom is -0.335 e. The monoisotopic (exact) mass is 321 g/mol. The van der Waals surface area contributed by atoms with Gasteiger partial charge in [0.15, 0.2) is 0 Å². The number of hydrogen-bond acceptors (Lipinski definition) is 5. The zero-order valence-corrected chi connectivity index (χ0v) is 13.8. The summed E-state index contributed by atoms with van der Waals surface area (Å²) in [6.45, 7) is 4.95. The Hall–Kier alpha value is -1.03. The van der Waals surface area contributed by atoms with Crippen LogP contribution in [0.4, 0.5) is 0 Å². The molecule has 0 aromatic carbocycles. The van der Waals surface area contributed by atoms with E-state index in [4.69, 9.17) is 5.26 Å². The molecule has 1 aromatic heterocycles. The molecule has 4 nitrogen and oxygen atoms in total. The van der Waals surface area contributed by atoms with Crippen molar-refractivity contribution in [3.05, 3.63) is 21.4 Å². The van der Waals surface area contributed by atoms with Crippen LogP contribution in [0.3, 0.4) is 0 Å². The molecule has 1 amide bonds. The minimum atomic E-state index is -0.0617. The van der Waals surface area contributed by atoms with Gasteiger partial charge in [0, 0.05) is 36.8 Å². The molecule has 1 fully saturated rings. The normalized spacial score (nSPS) is 20.7. The average molecular weight is 321 g/mol. The summed E-state index contributed by atoms with van der Waals surface area (Å²) in [6, 6.07) is 4.30. The number of hydrogen-bond donors (Lipinski definition) is 0. The Balaban J connectivity index is 1.64. The topological polar surface area (TPSA) is 47.3 Å². The van der Waals surface area contributed by atoms with Gasteiger partial charge in [0.05, 0.1) is 17.0 Å². The van der Waals surface area contributed by atoms with Crippen LogP contribution in [0, 0.1) is 11.3 Å². The Morgan fingerprint density at radius 2 is 2.14 bits per heavy atom. The van der Waals surface area contributed by atoms with Gasteiger partial charge >= 0.3 is 0 Å². The summed E-state index contributed by atoms with van der Waals surface area (Å²) < 4.78 is 0. The van der Waals surface area contributed by atoms with E-state index in [1.165, 1.54) is 16.2 Å². The number of aryl methyl sites for hydroxylation is 1. The summed E-state index contributed by atoms with van der Waals surface area (Å²) in [5, 5.41) is 8.96. The molecule has 2 aliphatic heterocycles. The van der Waals surface area contributed by atoms with Crippen molar-refractivity contribution in [2.45, 2.75) is 25.1 Å². The predicted octanol–water partition coefficient (Wildman–Crippen LogP) is 2.21. The van der Waals surface area contributed by atoms with E-state index >= 15 is 0 Å². The molecule has 21 heavy (non-hydrogen) atoms. The zero-order valence-electron chi connectivity index (χ0n) is 12.2. The third kappa shape index (κ3) is 3.10. The number of carbonyl (C=O) groups excluding carboxylic acids is 1. The first-order valence-corrected chi connectivity index (χ1v) is 9.28. The van der Waals surface area contributed by atoms with Crippen LogP contribution in [0.2, 0.25) is 0 Å². The van der Waals surface area contributed by atoms with E-state index in [9.17, 15) is 4.79 Å². The molecule has 3 heterocycles. The molecule has 0 N–H and O–H groups in total. The fraction of sp³-hybridized carbons (Fsp3) is 0.600. The van der Waals surface area contributed by atoms with Crippen molar-refractivity contribution < 1.29 is 4.79 Å². The van der Waals surface area contributed by atoms with Gasteiger partial charge in [-0.05, 0) is 30.7 Å². The molecule has 6 heteroatoms. The SMILES string of the molecule is CC(C#N)N1CCN(C(=O)c2cc3c(s2)CCSC3)CC1. The fourth-order valence-electron chi connectivity index (χ4n) is 2.80. The second kappa shape index (κ2) is 6.39. The van der Waals surface area contributed by atoms with Crippen LogP contribution >= 0.6 is 23.1 Å². The van der Waals surface area contributed by atoms with Gasteiger partial charge < -0.3 is 4.90 Å². The van der Waals surface area contributed by atoms with Crippen molar-refractivity contribution in [2.24, 2.45) is 0 Å². The van der Waals surface area contributed by atoms with Gasteiger partial charge in [-0.1, -0.05) is 0 Å². The quantitative estimate of drug-likeness (QED) is 0.838. The summed E-state index contributed by atoms with van der Waals surface area (Å²) in [5.41, 5.74) is 1.36. The lowest BCUT2D eigenvalue weighted by Gasteiger charge is -2.35. The lowest BCUT2D eigenvalue weighted by atomic mass is 10.2. The predicted molar refractivity (Wildman–Crippen MR) is 86.7 cm³/mol. The van der Waals surface area contributed by atoms with Crippen LogP contribution in [0.25, 0.3) is 0 Å². The molecule has 3 rings (SSSR count). The minimum absolute atomic E-state index is 0.0617. The lowest BCUT2D eigenvalue weighted by Crippen LogP contribution is -2.50.